The van der Waals surface area contributed by atoms with Gasteiger partial charge in [0.1, 0.15) is 11.6 Å². The third kappa shape index (κ3) is 3.80. The van der Waals surface area contributed by atoms with Gasteiger partial charge in [-0.05, 0) is 30.7 Å². The summed E-state index contributed by atoms with van der Waals surface area (Å²) in [6.45, 7) is 0.530. The lowest BCUT2D eigenvalue weighted by Crippen LogP contribution is -2.09. The SMILES string of the molecule is CN(C)c1cc(Oc2cc(F)ccc2-c2ncc(CCN)cn2)n(C)n1. The van der Waals surface area contributed by atoms with E-state index >= 15 is 0 Å². The van der Waals surface area contributed by atoms with E-state index in [2.05, 4.69) is 15.1 Å². The Hall–Kier alpha value is -3.00. The average molecular weight is 356 g/mol. The topological polar surface area (TPSA) is 82.1 Å². The lowest BCUT2D eigenvalue weighted by molar-refractivity contribution is 0.428. The highest BCUT2D eigenvalue weighted by Crippen LogP contribution is 2.33. The third-order valence-electron chi connectivity index (χ3n) is 3.82. The number of halogens is 1. The van der Waals surface area contributed by atoms with Crippen LogP contribution in [0.25, 0.3) is 11.4 Å². The number of hydrogen-bond acceptors (Lipinski definition) is 6. The zero-order valence-corrected chi connectivity index (χ0v) is 15.0. The van der Waals surface area contributed by atoms with Crippen molar-refractivity contribution in [2.24, 2.45) is 12.8 Å². The maximum Gasteiger partial charge on any atom is 0.219 e. The molecule has 0 fully saturated rings. The number of benzene rings is 1. The maximum absolute atomic E-state index is 13.8. The Bertz CT molecular complexity index is 891. The molecule has 0 aliphatic heterocycles. The van der Waals surface area contributed by atoms with Gasteiger partial charge in [0.05, 0.1) is 5.56 Å². The summed E-state index contributed by atoms with van der Waals surface area (Å²) in [5, 5.41) is 4.34. The zero-order chi connectivity index (χ0) is 18.7. The summed E-state index contributed by atoms with van der Waals surface area (Å²) in [7, 11) is 5.53. The number of aromatic nitrogens is 4. The van der Waals surface area contributed by atoms with Crippen molar-refractivity contribution in [1.82, 2.24) is 19.7 Å². The molecule has 0 saturated heterocycles. The van der Waals surface area contributed by atoms with Crippen LogP contribution < -0.4 is 15.4 Å². The fourth-order valence-electron chi connectivity index (χ4n) is 2.42. The summed E-state index contributed by atoms with van der Waals surface area (Å²) in [5.41, 5.74) is 7.09. The van der Waals surface area contributed by atoms with Gasteiger partial charge in [0, 0.05) is 45.7 Å². The van der Waals surface area contributed by atoms with Crippen LogP contribution in [0.5, 0.6) is 11.6 Å². The first-order valence-corrected chi connectivity index (χ1v) is 8.18. The van der Waals surface area contributed by atoms with Crippen molar-refractivity contribution in [3.05, 3.63) is 48.0 Å². The highest BCUT2D eigenvalue weighted by atomic mass is 19.1. The molecule has 7 nitrogen and oxygen atoms in total. The Kier molecular flexibility index (Phi) is 5.13. The Balaban J connectivity index is 1.96. The van der Waals surface area contributed by atoms with Gasteiger partial charge in [0.15, 0.2) is 11.6 Å². The zero-order valence-electron chi connectivity index (χ0n) is 15.0. The van der Waals surface area contributed by atoms with E-state index in [4.69, 9.17) is 10.5 Å². The van der Waals surface area contributed by atoms with Crippen molar-refractivity contribution in [2.45, 2.75) is 6.42 Å². The largest absolute Gasteiger partial charge is 0.438 e. The molecule has 3 rings (SSSR count). The fourth-order valence-corrected chi connectivity index (χ4v) is 2.42. The van der Waals surface area contributed by atoms with Crippen LogP contribution >= 0.6 is 0 Å². The minimum atomic E-state index is -0.404. The molecule has 2 aromatic heterocycles. The molecule has 1 aromatic carbocycles. The van der Waals surface area contributed by atoms with Crippen molar-refractivity contribution in [3.63, 3.8) is 0 Å². The lowest BCUT2D eigenvalue weighted by atomic mass is 10.1. The summed E-state index contributed by atoms with van der Waals surface area (Å²) < 4.78 is 21.3. The monoisotopic (exact) mass is 356 g/mol. The van der Waals surface area contributed by atoms with Crippen LogP contribution in [0.3, 0.4) is 0 Å². The molecule has 26 heavy (non-hydrogen) atoms. The maximum atomic E-state index is 13.8. The molecule has 0 bridgehead atoms. The summed E-state index contributed by atoms with van der Waals surface area (Å²) in [6.07, 6.45) is 4.14. The predicted molar refractivity (Wildman–Crippen MR) is 97.8 cm³/mol. The fraction of sp³-hybridized carbons (Fsp3) is 0.278. The van der Waals surface area contributed by atoms with Gasteiger partial charge in [0.2, 0.25) is 5.88 Å². The average Bonchev–Trinajstić information content (AvgIpc) is 2.97. The number of anilines is 1. The normalized spacial score (nSPS) is 10.8. The van der Waals surface area contributed by atoms with E-state index in [0.29, 0.717) is 36.0 Å². The van der Waals surface area contributed by atoms with Gasteiger partial charge in [-0.1, -0.05) is 0 Å². The molecule has 136 valence electrons. The predicted octanol–water partition coefficient (Wildman–Crippen LogP) is 2.38. The first-order chi connectivity index (χ1) is 12.5. The molecule has 2 N–H and O–H groups in total. The van der Waals surface area contributed by atoms with Gasteiger partial charge >= 0.3 is 0 Å². The Morgan fingerprint density at radius 3 is 2.54 bits per heavy atom. The van der Waals surface area contributed by atoms with Crippen LogP contribution in [0.4, 0.5) is 10.2 Å². The molecule has 0 atom stereocenters. The van der Waals surface area contributed by atoms with E-state index < -0.39 is 5.82 Å². The van der Waals surface area contributed by atoms with Gasteiger partial charge in [-0.25, -0.2) is 19.0 Å². The summed E-state index contributed by atoms with van der Waals surface area (Å²) in [5.74, 6) is 1.60. The molecular weight excluding hydrogens is 335 g/mol. The second-order valence-electron chi connectivity index (χ2n) is 6.05. The molecular formula is C18H21FN6O. The molecule has 2 heterocycles. The highest BCUT2D eigenvalue weighted by Gasteiger charge is 2.15. The quantitative estimate of drug-likeness (QED) is 0.730. The smallest absolute Gasteiger partial charge is 0.219 e. The number of nitrogens with two attached hydrogens (primary N) is 1. The summed E-state index contributed by atoms with van der Waals surface area (Å²) in [4.78, 5) is 10.6. The molecule has 0 amide bonds. The molecule has 0 aliphatic carbocycles. The van der Waals surface area contributed by atoms with Gasteiger partial charge in [-0.15, -0.1) is 0 Å². The molecule has 0 saturated carbocycles. The minimum Gasteiger partial charge on any atom is -0.438 e. The summed E-state index contributed by atoms with van der Waals surface area (Å²) in [6, 6.07) is 6.05. The van der Waals surface area contributed by atoms with Crippen molar-refractivity contribution in [1.29, 1.82) is 0 Å². The van der Waals surface area contributed by atoms with Crippen LogP contribution in [0, 0.1) is 5.82 Å². The second kappa shape index (κ2) is 7.49. The first-order valence-electron chi connectivity index (χ1n) is 8.18. The minimum absolute atomic E-state index is 0.324. The van der Waals surface area contributed by atoms with E-state index in [9.17, 15) is 4.39 Å². The van der Waals surface area contributed by atoms with Gasteiger partial charge in [-0.3, -0.25) is 0 Å². The van der Waals surface area contributed by atoms with E-state index in [1.807, 2.05) is 19.0 Å². The van der Waals surface area contributed by atoms with Gasteiger partial charge in [-0.2, -0.15) is 5.10 Å². The van der Waals surface area contributed by atoms with Crippen LogP contribution in [-0.4, -0.2) is 40.4 Å². The molecule has 0 radical (unpaired) electrons. The van der Waals surface area contributed by atoms with E-state index in [1.165, 1.54) is 12.1 Å². The number of rotatable bonds is 6. The number of ether oxygens (including phenoxy) is 1. The Morgan fingerprint density at radius 1 is 1.19 bits per heavy atom. The number of nitrogens with zero attached hydrogens (tertiary/aromatic N) is 5. The van der Waals surface area contributed by atoms with Crippen molar-refractivity contribution >= 4 is 5.82 Å². The lowest BCUT2D eigenvalue weighted by Gasteiger charge is -2.10. The summed E-state index contributed by atoms with van der Waals surface area (Å²) >= 11 is 0. The Labute approximate surface area is 151 Å². The van der Waals surface area contributed by atoms with Gasteiger partial charge < -0.3 is 15.4 Å². The van der Waals surface area contributed by atoms with E-state index in [-0.39, 0.29) is 0 Å². The Morgan fingerprint density at radius 2 is 1.92 bits per heavy atom. The first kappa shape index (κ1) is 17.8. The standard InChI is InChI=1S/C18H21FN6O/c1-24(2)16-9-17(25(3)23-16)26-15-8-13(19)4-5-14(15)18-21-10-12(6-7-20)11-22-18/h4-5,8-11H,6-7,20H2,1-3H3. The molecule has 0 unspecified atom stereocenters. The van der Waals surface area contributed by atoms with E-state index in [0.717, 1.165) is 11.4 Å². The molecule has 8 heteroatoms. The van der Waals surface area contributed by atoms with E-state index in [1.54, 1.807) is 36.3 Å². The van der Waals surface area contributed by atoms with Crippen molar-refractivity contribution < 1.29 is 9.13 Å². The molecule has 0 spiro atoms. The van der Waals surface area contributed by atoms with Crippen LogP contribution in [0.2, 0.25) is 0 Å². The third-order valence-corrected chi connectivity index (χ3v) is 3.82. The highest BCUT2D eigenvalue weighted by molar-refractivity contribution is 5.64. The number of hydrogen-bond donors (Lipinski definition) is 1. The van der Waals surface area contributed by atoms with Crippen LogP contribution in [0.1, 0.15) is 5.56 Å². The second-order valence-corrected chi connectivity index (χ2v) is 6.05. The van der Waals surface area contributed by atoms with Crippen molar-refractivity contribution in [2.75, 3.05) is 25.5 Å². The molecule has 0 aliphatic rings. The molecule has 3 aromatic rings. The van der Waals surface area contributed by atoms with Crippen molar-refractivity contribution in [3.8, 4) is 23.0 Å². The van der Waals surface area contributed by atoms with Gasteiger partial charge in [0.25, 0.3) is 0 Å². The van der Waals surface area contributed by atoms with Crippen LogP contribution in [0.15, 0.2) is 36.7 Å². The van der Waals surface area contributed by atoms with Crippen LogP contribution in [-0.2, 0) is 13.5 Å². The number of aryl methyl sites for hydroxylation is 1.